The zero-order valence-corrected chi connectivity index (χ0v) is 15.3. The van der Waals surface area contributed by atoms with Crippen LogP contribution in [0.5, 0.6) is 5.75 Å². The average Bonchev–Trinajstić information content (AvgIpc) is 2.99. The van der Waals surface area contributed by atoms with E-state index < -0.39 is 0 Å². The number of carbonyl (C=O) groups is 1. The van der Waals surface area contributed by atoms with Gasteiger partial charge in [-0.1, -0.05) is 47.7 Å². The van der Waals surface area contributed by atoms with Crippen molar-refractivity contribution in [1.29, 1.82) is 0 Å². The summed E-state index contributed by atoms with van der Waals surface area (Å²) in [7, 11) is 1.59. The first-order chi connectivity index (χ1) is 12.1. The maximum atomic E-state index is 12.8. The number of rotatable bonds is 5. The largest absolute Gasteiger partial charge is 0.497 e. The highest BCUT2D eigenvalue weighted by Crippen LogP contribution is 2.18. The second kappa shape index (κ2) is 7.49. The predicted octanol–water partition coefficient (Wildman–Crippen LogP) is 3.64. The van der Waals surface area contributed by atoms with E-state index in [9.17, 15) is 4.79 Å². The number of methoxy groups -OCH3 is 1. The maximum Gasteiger partial charge on any atom is 0.261 e. The first-order valence-electron chi connectivity index (χ1n) is 8.06. The van der Waals surface area contributed by atoms with Crippen LogP contribution in [0.1, 0.15) is 32.7 Å². The summed E-state index contributed by atoms with van der Waals surface area (Å²) in [6, 6.07) is 17.2. The number of aryl methyl sites for hydroxylation is 1. The molecule has 1 unspecified atom stereocenters. The van der Waals surface area contributed by atoms with Gasteiger partial charge in [0.2, 0.25) is 5.51 Å². The smallest absolute Gasteiger partial charge is 0.261 e. The third kappa shape index (κ3) is 3.72. The monoisotopic (exact) mass is 353 g/mol. The van der Waals surface area contributed by atoms with Gasteiger partial charge in [0.05, 0.1) is 12.0 Å². The Bertz CT molecular complexity index is 874. The first kappa shape index (κ1) is 17.2. The number of amides is 1. The molecule has 0 saturated heterocycles. The van der Waals surface area contributed by atoms with Gasteiger partial charge in [0.1, 0.15) is 5.75 Å². The van der Waals surface area contributed by atoms with E-state index in [1.54, 1.807) is 30.6 Å². The molecule has 0 fully saturated rings. The molecule has 1 amide bonds. The Morgan fingerprint density at radius 1 is 1.12 bits per heavy atom. The molecule has 1 heterocycles. The fourth-order valence-corrected chi connectivity index (χ4v) is 3.48. The number of carbonyl (C=O) groups excluding carboxylic acids is 1. The van der Waals surface area contributed by atoms with Crippen LogP contribution >= 0.6 is 11.3 Å². The molecule has 0 aliphatic carbocycles. The van der Waals surface area contributed by atoms with Gasteiger partial charge in [-0.3, -0.25) is 10.1 Å². The summed E-state index contributed by atoms with van der Waals surface area (Å²) >= 11 is 1.67. The zero-order chi connectivity index (χ0) is 17.8. The Morgan fingerprint density at radius 2 is 1.88 bits per heavy atom. The number of nitrogens with one attached hydrogen (secondary N) is 1. The molecule has 0 bridgehead atoms. The lowest BCUT2D eigenvalue weighted by molar-refractivity contribution is -0.718. The van der Waals surface area contributed by atoms with Gasteiger partial charge in [0.15, 0.2) is 5.69 Å². The molecular formula is C20H21N2O2S+. The van der Waals surface area contributed by atoms with Crippen molar-refractivity contribution in [2.45, 2.75) is 20.0 Å². The summed E-state index contributed by atoms with van der Waals surface area (Å²) in [5.74, 6) is 0.530. The molecule has 3 rings (SSSR count). The van der Waals surface area contributed by atoms with Crippen molar-refractivity contribution in [2.24, 2.45) is 0 Å². The van der Waals surface area contributed by atoms with Crippen LogP contribution in [0, 0.1) is 13.8 Å². The average molecular weight is 353 g/mol. The molecule has 4 nitrogen and oxygen atoms in total. The van der Waals surface area contributed by atoms with Gasteiger partial charge in [-0.2, -0.15) is 4.57 Å². The fraction of sp³-hybridized carbons (Fsp3) is 0.200. The Morgan fingerprint density at radius 3 is 2.52 bits per heavy atom. The normalized spacial score (nSPS) is 11.8. The lowest BCUT2D eigenvalue weighted by Crippen LogP contribution is -2.50. The third-order valence-corrected chi connectivity index (χ3v) is 5.21. The maximum absolute atomic E-state index is 12.8. The second-order valence-corrected chi connectivity index (χ2v) is 6.85. The predicted molar refractivity (Wildman–Crippen MR) is 99.0 cm³/mol. The van der Waals surface area contributed by atoms with Crippen LogP contribution in [-0.4, -0.2) is 13.0 Å². The lowest BCUT2D eigenvalue weighted by atomic mass is 10.1. The summed E-state index contributed by atoms with van der Waals surface area (Å²) in [6.45, 7) is 4.15. The summed E-state index contributed by atoms with van der Waals surface area (Å²) in [5, 5.41) is 3.15. The number of aromatic nitrogens is 1. The van der Waals surface area contributed by atoms with Gasteiger partial charge in [0, 0.05) is 18.1 Å². The minimum atomic E-state index is -0.259. The van der Waals surface area contributed by atoms with Crippen molar-refractivity contribution in [3.05, 3.63) is 81.8 Å². The summed E-state index contributed by atoms with van der Waals surface area (Å²) in [5.41, 5.74) is 4.80. The molecule has 0 saturated carbocycles. The number of hydrogen-bond donors (Lipinski definition) is 1. The molecule has 0 spiro atoms. The number of hydrogen-bond acceptors (Lipinski definition) is 3. The van der Waals surface area contributed by atoms with Crippen LogP contribution in [0.4, 0.5) is 0 Å². The van der Waals surface area contributed by atoms with E-state index in [1.165, 1.54) is 4.88 Å². The number of thiazole rings is 1. The standard InChI is InChI=1S/C20H20N2O2S/c1-14-15(2)25-13-22(14)19(16-8-5-4-6-9-16)21-20(23)17-10-7-11-18(12-17)24-3/h4-13,19H,1-3H3/p+1. The minimum Gasteiger partial charge on any atom is -0.497 e. The molecule has 1 atom stereocenters. The van der Waals surface area contributed by atoms with E-state index in [-0.39, 0.29) is 12.1 Å². The van der Waals surface area contributed by atoms with E-state index >= 15 is 0 Å². The van der Waals surface area contributed by atoms with Crippen molar-refractivity contribution < 1.29 is 14.1 Å². The van der Waals surface area contributed by atoms with Crippen molar-refractivity contribution >= 4 is 17.2 Å². The molecule has 1 aromatic heterocycles. The molecule has 128 valence electrons. The van der Waals surface area contributed by atoms with Crippen molar-refractivity contribution in [3.8, 4) is 5.75 Å². The molecule has 0 aliphatic heterocycles. The van der Waals surface area contributed by atoms with E-state index in [1.807, 2.05) is 48.0 Å². The van der Waals surface area contributed by atoms with Crippen LogP contribution in [0.25, 0.3) is 0 Å². The Balaban J connectivity index is 1.95. The van der Waals surface area contributed by atoms with Crippen LogP contribution < -0.4 is 14.6 Å². The van der Waals surface area contributed by atoms with E-state index in [0.29, 0.717) is 11.3 Å². The molecule has 2 aromatic carbocycles. The summed E-state index contributed by atoms with van der Waals surface area (Å²) < 4.78 is 7.32. The Labute approximate surface area is 151 Å². The van der Waals surface area contributed by atoms with Crippen LogP contribution in [0.3, 0.4) is 0 Å². The van der Waals surface area contributed by atoms with E-state index in [0.717, 1.165) is 11.3 Å². The van der Waals surface area contributed by atoms with Crippen LogP contribution in [0.15, 0.2) is 60.1 Å². The highest BCUT2D eigenvalue weighted by Gasteiger charge is 2.27. The number of benzene rings is 2. The number of nitrogens with zero attached hydrogens (tertiary/aromatic N) is 1. The van der Waals surface area contributed by atoms with Gasteiger partial charge in [0.25, 0.3) is 12.1 Å². The topological polar surface area (TPSA) is 42.2 Å². The molecule has 25 heavy (non-hydrogen) atoms. The molecule has 0 radical (unpaired) electrons. The van der Waals surface area contributed by atoms with Crippen LogP contribution in [0.2, 0.25) is 0 Å². The van der Waals surface area contributed by atoms with E-state index in [4.69, 9.17) is 4.74 Å². The Hall–Kier alpha value is -2.66. The first-order valence-corrected chi connectivity index (χ1v) is 8.94. The molecule has 5 heteroatoms. The van der Waals surface area contributed by atoms with Gasteiger partial charge >= 0.3 is 0 Å². The molecule has 0 aliphatic rings. The molecule has 3 aromatic rings. The molecule has 1 N–H and O–H groups in total. The van der Waals surface area contributed by atoms with Gasteiger partial charge < -0.3 is 4.74 Å². The van der Waals surface area contributed by atoms with Crippen molar-refractivity contribution in [3.63, 3.8) is 0 Å². The Kier molecular flexibility index (Phi) is 5.14. The van der Waals surface area contributed by atoms with E-state index in [2.05, 4.69) is 23.7 Å². The highest BCUT2D eigenvalue weighted by atomic mass is 32.1. The van der Waals surface area contributed by atoms with Gasteiger partial charge in [-0.05, 0) is 25.1 Å². The molecular weight excluding hydrogens is 332 g/mol. The SMILES string of the molecule is COc1cccc(C(=O)NC(c2ccccc2)[n+]2csc(C)c2C)c1. The summed E-state index contributed by atoms with van der Waals surface area (Å²) in [6.07, 6.45) is -0.259. The van der Waals surface area contributed by atoms with Crippen molar-refractivity contribution in [1.82, 2.24) is 5.32 Å². The third-order valence-electron chi connectivity index (χ3n) is 4.23. The number of ether oxygens (including phenoxy) is 1. The quantitative estimate of drug-likeness (QED) is 0.712. The van der Waals surface area contributed by atoms with Gasteiger partial charge in [-0.25, -0.2) is 0 Å². The minimum absolute atomic E-state index is 0.136. The van der Waals surface area contributed by atoms with Gasteiger partial charge in [-0.15, -0.1) is 0 Å². The zero-order valence-electron chi connectivity index (χ0n) is 14.5. The fourth-order valence-electron chi connectivity index (χ4n) is 2.66. The highest BCUT2D eigenvalue weighted by molar-refractivity contribution is 7.09. The van der Waals surface area contributed by atoms with Crippen molar-refractivity contribution in [2.75, 3.05) is 7.11 Å². The lowest BCUT2D eigenvalue weighted by Gasteiger charge is -2.15. The summed E-state index contributed by atoms with van der Waals surface area (Å²) in [4.78, 5) is 14.0. The van der Waals surface area contributed by atoms with Crippen LogP contribution in [-0.2, 0) is 0 Å². The second-order valence-electron chi connectivity index (χ2n) is 5.79.